The zero-order valence-corrected chi connectivity index (χ0v) is 19.4. The Morgan fingerprint density at radius 1 is 1.16 bits per heavy atom. The van der Waals surface area contributed by atoms with E-state index in [1.54, 1.807) is 12.1 Å². The lowest BCUT2D eigenvalue weighted by Crippen LogP contribution is -2.49. The van der Waals surface area contributed by atoms with Crippen LogP contribution in [0.4, 0.5) is 10.1 Å². The van der Waals surface area contributed by atoms with Crippen LogP contribution in [-0.2, 0) is 21.2 Å². The van der Waals surface area contributed by atoms with E-state index in [-0.39, 0.29) is 29.3 Å². The van der Waals surface area contributed by atoms with Crippen LogP contribution >= 0.6 is 0 Å². The number of sulfone groups is 1. The van der Waals surface area contributed by atoms with Crippen LogP contribution in [0.3, 0.4) is 0 Å². The van der Waals surface area contributed by atoms with Crippen LogP contribution in [-0.4, -0.2) is 73.2 Å². The van der Waals surface area contributed by atoms with Crippen LogP contribution in [0.2, 0.25) is 0 Å². The van der Waals surface area contributed by atoms with Crippen molar-refractivity contribution < 1.29 is 17.6 Å². The van der Waals surface area contributed by atoms with Crippen LogP contribution in [0.15, 0.2) is 24.3 Å². The second kappa shape index (κ2) is 9.19. The van der Waals surface area contributed by atoms with Crippen LogP contribution in [0, 0.1) is 19.7 Å². The average Bonchev–Trinajstić information content (AvgIpc) is 3.26. The predicted molar refractivity (Wildman–Crippen MR) is 121 cm³/mol. The summed E-state index contributed by atoms with van der Waals surface area (Å²) in [5.74, 6) is 0.0512. The lowest BCUT2D eigenvalue weighted by molar-refractivity contribution is -0.122. The number of carbonyl (C=O) groups excluding carboxylic acids is 1. The first kappa shape index (κ1) is 22.7. The number of piperazine rings is 1. The molecule has 174 valence electrons. The van der Waals surface area contributed by atoms with E-state index in [2.05, 4.69) is 20.2 Å². The molecule has 2 aliphatic heterocycles. The number of rotatable bonds is 6. The molecule has 0 saturated carbocycles. The number of aryl methyl sites for hydroxylation is 1. The molecule has 0 spiro atoms. The molecule has 1 atom stereocenters. The molecule has 1 aromatic carbocycles. The number of anilines is 1. The van der Waals surface area contributed by atoms with Gasteiger partial charge in [-0.05, 0) is 38.0 Å². The summed E-state index contributed by atoms with van der Waals surface area (Å²) in [4.78, 5) is 16.7. The number of halogens is 1. The first-order chi connectivity index (χ1) is 15.2. The monoisotopic (exact) mass is 463 g/mol. The molecule has 2 saturated heterocycles. The van der Waals surface area contributed by atoms with Crippen molar-refractivity contribution >= 4 is 21.4 Å². The number of hydrogen-bond donors (Lipinski definition) is 1. The van der Waals surface area contributed by atoms with Crippen LogP contribution in [0.5, 0.6) is 0 Å². The first-order valence-electron chi connectivity index (χ1n) is 11.0. The zero-order chi connectivity index (χ0) is 22.9. The largest absolute Gasteiger partial charge is 0.366 e. The van der Waals surface area contributed by atoms with Gasteiger partial charge >= 0.3 is 0 Å². The molecule has 2 aliphatic rings. The summed E-state index contributed by atoms with van der Waals surface area (Å²) in [6.45, 7) is 7.76. The average molecular weight is 464 g/mol. The number of carbonyl (C=O) groups is 1. The summed E-state index contributed by atoms with van der Waals surface area (Å²) in [6, 6.07) is 6.02. The maximum atomic E-state index is 13.0. The molecule has 1 amide bonds. The van der Waals surface area contributed by atoms with Crippen molar-refractivity contribution in [2.24, 2.45) is 0 Å². The number of aromatic nitrogens is 2. The van der Waals surface area contributed by atoms with Gasteiger partial charge in [0, 0.05) is 32.7 Å². The molecule has 0 bridgehead atoms. The highest BCUT2D eigenvalue weighted by atomic mass is 32.2. The summed E-state index contributed by atoms with van der Waals surface area (Å²) in [5.41, 5.74) is 3.87. The minimum atomic E-state index is -2.97. The second-order valence-corrected chi connectivity index (χ2v) is 10.9. The van der Waals surface area contributed by atoms with Crippen molar-refractivity contribution in [2.75, 3.05) is 49.1 Å². The molecule has 1 N–H and O–H groups in total. The zero-order valence-electron chi connectivity index (χ0n) is 18.6. The molecular formula is C22H30FN5O3S. The number of hydrogen-bond acceptors (Lipinski definition) is 6. The maximum absolute atomic E-state index is 13.0. The standard InChI is InChI=1S/C22H30FN5O3S/c1-16-22(17(2)28(25-16)20-7-12-32(30,31)15-20)27-10-8-26(9-11-27)14-21(29)24-13-18-3-5-19(23)6-4-18/h3-6,20H,7-15H2,1-2H3,(H,24,29). The molecule has 1 unspecified atom stereocenters. The van der Waals surface area contributed by atoms with Gasteiger partial charge in [0.25, 0.3) is 0 Å². The van der Waals surface area contributed by atoms with Crippen molar-refractivity contribution in [3.05, 3.63) is 47.0 Å². The molecule has 1 aromatic heterocycles. The molecule has 4 rings (SSSR count). The third kappa shape index (κ3) is 5.12. The van der Waals surface area contributed by atoms with Gasteiger partial charge in [0.2, 0.25) is 5.91 Å². The van der Waals surface area contributed by atoms with Crippen LogP contribution in [0.1, 0.15) is 29.4 Å². The Hall–Kier alpha value is -2.46. The lowest BCUT2D eigenvalue weighted by Gasteiger charge is -2.36. The fourth-order valence-corrected chi connectivity index (χ4v) is 6.32. The maximum Gasteiger partial charge on any atom is 0.234 e. The molecule has 32 heavy (non-hydrogen) atoms. The molecule has 10 heteroatoms. The summed E-state index contributed by atoms with van der Waals surface area (Å²) in [7, 11) is -2.97. The fraction of sp³-hybridized carbons (Fsp3) is 0.545. The molecular weight excluding hydrogens is 433 g/mol. The Kier molecular flexibility index (Phi) is 6.52. The fourth-order valence-electron chi connectivity index (χ4n) is 4.63. The van der Waals surface area contributed by atoms with E-state index in [1.165, 1.54) is 12.1 Å². The van der Waals surface area contributed by atoms with Crippen molar-refractivity contribution in [2.45, 2.75) is 32.9 Å². The quantitative estimate of drug-likeness (QED) is 0.698. The van der Waals surface area contributed by atoms with Gasteiger partial charge in [-0.15, -0.1) is 0 Å². The van der Waals surface area contributed by atoms with E-state index in [9.17, 15) is 17.6 Å². The van der Waals surface area contributed by atoms with E-state index >= 15 is 0 Å². The number of benzene rings is 1. The Labute approximate surface area is 188 Å². The van der Waals surface area contributed by atoms with Gasteiger partial charge in [0.1, 0.15) is 5.82 Å². The Morgan fingerprint density at radius 3 is 2.47 bits per heavy atom. The van der Waals surface area contributed by atoms with Crippen molar-refractivity contribution in [3.8, 4) is 0 Å². The van der Waals surface area contributed by atoms with Crippen molar-refractivity contribution in [3.63, 3.8) is 0 Å². The normalized spacial score (nSPS) is 21.1. The van der Waals surface area contributed by atoms with Gasteiger partial charge in [-0.3, -0.25) is 14.4 Å². The van der Waals surface area contributed by atoms with Gasteiger partial charge in [0.05, 0.1) is 41.2 Å². The summed E-state index contributed by atoms with van der Waals surface area (Å²) in [6.07, 6.45) is 0.616. The van der Waals surface area contributed by atoms with E-state index in [0.29, 0.717) is 19.5 Å². The van der Waals surface area contributed by atoms with E-state index in [4.69, 9.17) is 0 Å². The van der Waals surface area contributed by atoms with Gasteiger partial charge in [-0.25, -0.2) is 12.8 Å². The van der Waals surface area contributed by atoms with Crippen LogP contribution in [0.25, 0.3) is 0 Å². The van der Waals surface area contributed by atoms with Crippen LogP contribution < -0.4 is 10.2 Å². The smallest absolute Gasteiger partial charge is 0.234 e. The third-order valence-corrected chi connectivity index (χ3v) is 8.05. The number of amides is 1. The third-order valence-electron chi connectivity index (χ3n) is 6.30. The predicted octanol–water partition coefficient (Wildman–Crippen LogP) is 1.44. The van der Waals surface area contributed by atoms with Gasteiger partial charge < -0.3 is 10.2 Å². The number of nitrogens with one attached hydrogen (secondary N) is 1. The first-order valence-corrected chi connectivity index (χ1v) is 12.8. The topological polar surface area (TPSA) is 87.5 Å². The molecule has 0 aliphatic carbocycles. The summed E-state index contributed by atoms with van der Waals surface area (Å²) >= 11 is 0. The Morgan fingerprint density at radius 2 is 1.84 bits per heavy atom. The van der Waals surface area contributed by atoms with Crippen molar-refractivity contribution in [1.29, 1.82) is 0 Å². The molecule has 3 heterocycles. The van der Waals surface area contributed by atoms with Gasteiger partial charge in [-0.1, -0.05) is 12.1 Å². The highest BCUT2D eigenvalue weighted by Crippen LogP contribution is 2.31. The summed E-state index contributed by atoms with van der Waals surface area (Å²) < 4.78 is 38.6. The van der Waals surface area contributed by atoms with E-state index in [0.717, 1.165) is 48.8 Å². The van der Waals surface area contributed by atoms with Crippen molar-refractivity contribution in [1.82, 2.24) is 20.0 Å². The highest BCUT2D eigenvalue weighted by Gasteiger charge is 2.32. The highest BCUT2D eigenvalue weighted by molar-refractivity contribution is 7.91. The van der Waals surface area contributed by atoms with E-state index < -0.39 is 9.84 Å². The number of nitrogens with zero attached hydrogens (tertiary/aromatic N) is 4. The van der Waals surface area contributed by atoms with E-state index in [1.807, 2.05) is 18.5 Å². The Balaban J connectivity index is 1.30. The molecule has 8 nitrogen and oxygen atoms in total. The second-order valence-electron chi connectivity index (χ2n) is 8.69. The van der Waals surface area contributed by atoms with Gasteiger partial charge in [0.15, 0.2) is 9.84 Å². The Bertz CT molecular complexity index is 1080. The SMILES string of the molecule is Cc1nn(C2CCS(=O)(=O)C2)c(C)c1N1CCN(CC(=O)NCc2ccc(F)cc2)CC1. The summed E-state index contributed by atoms with van der Waals surface area (Å²) in [5, 5.41) is 7.56. The molecule has 2 aromatic rings. The molecule has 2 fully saturated rings. The lowest BCUT2D eigenvalue weighted by atomic mass is 10.2. The van der Waals surface area contributed by atoms with Gasteiger partial charge in [-0.2, -0.15) is 5.10 Å². The molecule has 0 radical (unpaired) electrons. The minimum Gasteiger partial charge on any atom is -0.366 e. The minimum absolute atomic E-state index is 0.0506.